The minimum Gasteiger partial charge on any atom is -0.325 e. The van der Waals surface area contributed by atoms with Gasteiger partial charge < -0.3 is 15.5 Å². The monoisotopic (exact) mass is 295 g/mol. The minimum absolute atomic E-state index is 0.0233. The van der Waals surface area contributed by atoms with Crippen LogP contribution in [0.2, 0.25) is 5.02 Å². The summed E-state index contributed by atoms with van der Waals surface area (Å²) in [5.74, 6) is 0.738. The van der Waals surface area contributed by atoms with Crippen molar-refractivity contribution in [3.05, 3.63) is 29.3 Å². The Labute approximate surface area is 125 Å². The highest BCUT2D eigenvalue weighted by atomic mass is 35.5. The molecule has 110 valence electrons. The van der Waals surface area contributed by atoms with Gasteiger partial charge in [0.05, 0.1) is 10.7 Å². The molecule has 0 saturated carbocycles. The van der Waals surface area contributed by atoms with E-state index in [9.17, 15) is 4.79 Å². The van der Waals surface area contributed by atoms with Crippen LogP contribution < -0.4 is 10.6 Å². The first-order chi connectivity index (χ1) is 9.69. The molecule has 0 aromatic heterocycles. The van der Waals surface area contributed by atoms with Gasteiger partial charge in [0.2, 0.25) is 5.91 Å². The molecule has 1 aromatic carbocycles. The summed E-state index contributed by atoms with van der Waals surface area (Å²) in [7, 11) is 1.99. The minimum atomic E-state index is 0.0233. The Kier molecular flexibility index (Phi) is 5.83. The Morgan fingerprint density at radius 3 is 3.00 bits per heavy atom. The van der Waals surface area contributed by atoms with E-state index in [1.807, 2.05) is 25.2 Å². The number of carbonyl (C=O) groups is 1. The van der Waals surface area contributed by atoms with Gasteiger partial charge in [-0.2, -0.15) is 0 Å². The fraction of sp³-hybridized carbons (Fsp3) is 0.533. The highest BCUT2D eigenvalue weighted by molar-refractivity contribution is 6.33. The number of nitrogens with zero attached hydrogens (tertiary/aromatic N) is 1. The van der Waals surface area contributed by atoms with Gasteiger partial charge in [-0.1, -0.05) is 23.7 Å². The predicted molar refractivity (Wildman–Crippen MR) is 83.2 cm³/mol. The Hall–Kier alpha value is -1.10. The molecule has 5 heteroatoms. The lowest BCUT2D eigenvalue weighted by molar-refractivity contribution is -0.116. The zero-order valence-corrected chi connectivity index (χ0v) is 12.6. The van der Waals surface area contributed by atoms with E-state index in [0.29, 0.717) is 23.0 Å². The number of halogens is 1. The van der Waals surface area contributed by atoms with Crippen LogP contribution in [-0.4, -0.2) is 44.0 Å². The average Bonchev–Trinajstić information content (AvgIpc) is 2.87. The van der Waals surface area contributed by atoms with Crippen LogP contribution in [0.3, 0.4) is 0 Å². The smallest absolute Gasteiger partial charge is 0.225 e. The fourth-order valence-corrected chi connectivity index (χ4v) is 2.79. The van der Waals surface area contributed by atoms with E-state index < -0.39 is 0 Å². The van der Waals surface area contributed by atoms with Gasteiger partial charge in [0.15, 0.2) is 0 Å². The zero-order valence-electron chi connectivity index (χ0n) is 11.9. The number of hydrogen-bond donors (Lipinski definition) is 2. The molecule has 1 fully saturated rings. The highest BCUT2D eigenvalue weighted by Crippen LogP contribution is 2.21. The lowest BCUT2D eigenvalue weighted by Gasteiger charge is -2.15. The van der Waals surface area contributed by atoms with Gasteiger partial charge >= 0.3 is 0 Å². The first-order valence-corrected chi connectivity index (χ1v) is 7.48. The van der Waals surface area contributed by atoms with Gasteiger partial charge in [0.25, 0.3) is 0 Å². The van der Waals surface area contributed by atoms with Gasteiger partial charge in [0, 0.05) is 19.5 Å². The van der Waals surface area contributed by atoms with Crippen molar-refractivity contribution in [3.63, 3.8) is 0 Å². The van der Waals surface area contributed by atoms with Crippen molar-refractivity contribution in [1.29, 1.82) is 0 Å². The third kappa shape index (κ3) is 4.47. The van der Waals surface area contributed by atoms with E-state index >= 15 is 0 Å². The van der Waals surface area contributed by atoms with Crippen molar-refractivity contribution >= 4 is 23.2 Å². The second-order valence-electron chi connectivity index (χ2n) is 5.29. The molecule has 4 nitrogen and oxygen atoms in total. The van der Waals surface area contributed by atoms with Crippen LogP contribution in [0, 0.1) is 5.92 Å². The van der Waals surface area contributed by atoms with Gasteiger partial charge in [-0.15, -0.1) is 0 Å². The number of nitrogens with one attached hydrogen (secondary N) is 2. The van der Waals surface area contributed by atoms with E-state index in [0.717, 1.165) is 26.2 Å². The molecule has 0 spiro atoms. The predicted octanol–water partition coefficient (Wildman–Crippen LogP) is 2.21. The molecule has 1 aromatic rings. The van der Waals surface area contributed by atoms with Crippen LogP contribution >= 0.6 is 11.6 Å². The Morgan fingerprint density at radius 1 is 1.45 bits per heavy atom. The topological polar surface area (TPSA) is 44.4 Å². The second kappa shape index (κ2) is 7.62. The van der Waals surface area contributed by atoms with Crippen LogP contribution in [0.5, 0.6) is 0 Å². The number of benzene rings is 1. The molecular formula is C15H22ClN3O. The summed E-state index contributed by atoms with van der Waals surface area (Å²) in [5, 5.41) is 6.65. The van der Waals surface area contributed by atoms with Crippen molar-refractivity contribution < 1.29 is 4.79 Å². The maximum absolute atomic E-state index is 11.9. The summed E-state index contributed by atoms with van der Waals surface area (Å²) < 4.78 is 0. The van der Waals surface area contributed by atoms with E-state index in [-0.39, 0.29) is 5.91 Å². The summed E-state index contributed by atoms with van der Waals surface area (Å²) in [5.41, 5.74) is 0.689. The summed E-state index contributed by atoms with van der Waals surface area (Å²) in [4.78, 5) is 14.3. The Morgan fingerprint density at radius 2 is 2.25 bits per heavy atom. The molecule has 1 aliphatic rings. The van der Waals surface area contributed by atoms with E-state index in [2.05, 4.69) is 15.5 Å². The number of amides is 1. The van der Waals surface area contributed by atoms with Gasteiger partial charge in [-0.05, 0) is 44.6 Å². The van der Waals surface area contributed by atoms with Crippen LogP contribution in [0.1, 0.15) is 12.8 Å². The maximum Gasteiger partial charge on any atom is 0.225 e. The molecular weight excluding hydrogens is 274 g/mol. The number of rotatable bonds is 6. The molecule has 1 atom stereocenters. The number of hydrogen-bond acceptors (Lipinski definition) is 3. The third-order valence-corrected chi connectivity index (χ3v) is 4.00. The number of likely N-dealkylation sites (tertiary alicyclic amines) is 1. The van der Waals surface area contributed by atoms with Crippen molar-refractivity contribution in [2.24, 2.45) is 5.92 Å². The zero-order chi connectivity index (χ0) is 14.4. The SMILES string of the molecule is CNCC1CCN(CCC(=O)Nc2ccccc2Cl)C1. The molecule has 1 saturated heterocycles. The number of para-hydroxylation sites is 1. The quantitative estimate of drug-likeness (QED) is 0.846. The molecule has 0 radical (unpaired) electrons. The molecule has 0 aliphatic carbocycles. The number of anilines is 1. The van der Waals surface area contributed by atoms with Gasteiger partial charge in [0.1, 0.15) is 0 Å². The highest BCUT2D eigenvalue weighted by Gasteiger charge is 2.21. The second-order valence-corrected chi connectivity index (χ2v) is 5.70. The van der Waals surface area contributed by atoms with E-state index in [1.54, 1.807) is 6.07 Å². The van der Waals surface area contributed by atoms with Crippen molar-refractivity contribution in [1.82, 2.24) is 10.2 Å². The summed E-state index contributed by atoms with van der Waals surface area (Å²) >= 11 is 6.02. The molecule has 1 unspecified atom stereocenters. The van der Waals surface area contributed by atoms with Crippen molar-refractivity contribution in [2.45, 2.75) is 12.8 Å². The first-order valence-electron chi connectivity index (χ1n) is 7.10. The average molecular weight is 296 g/mol. The molecule has 1 amide bonds. The van der Waals surface area contributed by atoms with Crippen LogP contribution in [-0.2, 0) is 4.79 Å². The molecule has 1 heterocycles. The molecule has 0 bridgehead atoms. The standard InChI is InChI=1S/C15H22ClN3O/c1-17-10-12-6-8-19(11-12)9-7-15(20)18-14-5-3-2-4-13(14)16/h2-5,12,17H,6-11H2,1H3,(H,18,20). The van der Waals surface area contributed by atoms with Crippen LogP contribution in [0.4, 0.5) is 5.69 Å². The van der Waals surface area contributed by atoms with Gasteiger partial charge in [-0.3, -0.25) is 4.79 Å². The summed E-state index contributed by atoms with van der Waals surface area (Å²) in [6.45, 7) is 4.05. The number of carbonyl (C=O) groups excluding carboxylic acids is 1. The molecule has 2 rings (SSSR count). The van der Waals surface area contributed by atoms with Gasteiger partial charge in [-0.25, -0.2) is 0 Å². The largest absolute Gasteiger partial charge is 0.325 e. The van der Waals surface area contributed by atoms with Crippen LogP contribution in [0.15, 0.2) is 24.3 Å². The van der Waals surface area contributed by atoms with Crippen LogP contribution in [0.25, 0.3) is 0 Å². The first kappa shape index (κ1) is 15.3. The molecule has 20 heavy (non-hydrogen) atoms. The van der Waals surface area contributed by atoms with Crippen molar-refractivity contribution in [3.8, 4) is 0 Å². The Bertz CT molecular complexity index is 452. The lowest BCUT2D eigenvalue weighted by atomic mass is 10.1. The van der Waals surface area contributed by atoms with E-state index in [4.69, 9.17) is 11.6 Å². The molecule has 1 aliphatic heterocycles. The third-order valence-electron chi connectivity index (χ3n) is 3.67. The Balaban J connectivity index is 1.72. The van der Waals surface area contributed by atoms with Crippen molar-refractivity contribution in [2.75, 3.05) is 38.5 Å². The summed E-state index contributed by atoms with van der Waals surface area (Å²) in [6, 6.07) is 7.31. The lowest BCUT2D eigenvalue weighted by Crippen LogP contribution is -2.27. The summed E-state index contributed by atoms with van der Waals surface area (Å²) in [6.07, 6.45) is 1.73. The molecule has 2 N–H and O–H groups in total. The maximum atomic E-state index is 11.9. The fourth-order valence-electron chi connectivity index (χ4n) is 2.61. The normalized spacial score (nSPS) is 19.2. The van der Waals surface area contributed by atoms with E-state index in [1.165, 1.54) is 6.42 Å².